The van der Waals surface area contributed by atoms with Gasteiger partial charge in [0.05, 0.1) is 14.2 Å². The van der Waals surface area contributed by atoms with E-state index < -0.39 is 0 Å². The van der Waals surface area contributed by atoms with Gasteiger partial charge in [0.15, 0.2) is 0 Å². The van der Waals surface area contributed by atoms with E-state index in [9.17, 15) is 4.79 Å². The van der Waals surface area contributed by atoms with Gasteiger partial charge >= 0.3 is 5.97 Å². The van der Waals surface area contributed by atoms with E-state index in [0.717, 1.165) is 40.3 Å². The fraction of sp³-hybridized carbons (Fsp3) is 0.261. The monoisotopic (exact) mass is 394 g/mol. The normalized spacial score (nSPS) is 12.1. The zero-order valence-corrected chi connectivity index (χ0v) is 17.0. The Balaban J connectivity index is 1.54. The predicted molar refractivity (Wildman–Crippen MR) is 111 cm³/mol. The number of thiophene rings is 1. The summed E-state index contributed by atoms with van der Waals surface area (Å²) < 4.78 is 16.3. The maximum atomic E-state index is 12.7. The van der Waals surface area contributed by atoms with Gasteiger partial charge in [0.2, 0.25) is 0 Å². The lowest BCUT2D eigenvalue weighted by Crippen LogP contribution is -2.04. The molecule has 0 amide bonds. The molecule has 4 rings (SSSR count). The summed E-state index contributed by atoms with van der Waals surface area (Å²) in [5.41, 5.74) is 5.63. The fourth-order valence-corrected chi connectivity index (χ4v) is 4.74. The fourth-order valence-electron chi connectivity index (χ4n) is 3.57. The first-order chi connectivity index (χ1) is 13.6. The molecule has 144 valence electrons. The van der Waals surface area contributed by atoms with Crippen molar-refractivity contribution >= 4 is 17.3 Å². The molecule has 0 saturated heterocycles. The molecular formula is C23H22O4S. The maximum absolute atomic E-state index is 12.7. The van der Waals surface area contributed by atoms with Crippen molar-refractivity contribution in [3.63, 3.8) is 0 Å². The Morgan fingerprint density at radius 3 is 2.61 bits per heavy atom. The number of carbonyl (C=O) groups is 1. The van der Waals surface area contributed by atoms with Crippen LogP contribution in [0.25, 0.3) is 10.4 Å². The molecule has 0 spiro atoms. The van der Waals surface area contributed by atoms with Crippen LogP contribution in [0.5, 0.6) is 11.5 Å². The molecule has 1 aromatic heterocycles. The molecule has 2 aromatic carbocycles. The molecule has 3 aromatic rings. The lowest BCUT2D eigenvalue weighted by Gasteiger charge is -2.16. The van der Waals surface area contributed by atoms with Crippen LogP contribution >= 0.6 is 11.3 Å². The molecule has 1 aliphatic carbocycles. The highest BCUT2D eigenvalue weighted by Crippen LogP contribution is 2.41. The molecule has 0 atom stereocenters. The molecule has 0 N–H and O–H groups in total. The minimum atomic E-state index is -0.293. The number of carbonyl (C=O) groups excluding carboxylic acids is 1. The largest absolute Gasteiger partial charge is 0.497 e. The highest BCUT2D eigenvalue weighted by Gasteiger charge is 2.23. The quantitative estimate of drug-likeness (QED) is 0.558. The summed E-state index contributed by atoms with van der Waals surface area (Å²) in [6.45, 7) is 2.20. The molecule has 0 saturated carbocycles. The second-order valence-corrected chi connectivity index (χ2v) is 7.93. The summed E-state index contributed by atoms with van der Waals surface area (Å²) in [6.07, 6.45) is 1.87. The van der Waals surface area contributed by atoms with Crippen molar-refractivity contribution in [2.24, 2.45) is 0 Å². The molecule has 0 bridgehead atoms. The van der Waals surface area contributed by atoms with E-state index in [1.165, 1.54) is 28.0 Å². The highest BCUT2D eigenvalue weighted by atomic mass is 32.1. The minimum absolute atomic E-state index is 0.194. The number of rotatable bonds is 5. The number of ether oxygens (including phenoxy) is 3. The first-order valence-corrected chi connectivity index (χ1v) is 10.0. The Morgan fingerprint density at radius 1 is 1.00 bits per heavy atom. The molecule has 1 heterocycles. The zero-order chi connectivity index (χ0) is 19.7. The third kappa shape index (κ3) is 3.50. The molecule has 5 heteroatoms. The number of benzene rings is 2. The van der Waals surface area contributed by atoms with Crippen molar-refractivity contribution in [1.82, 2.24) is 0 Å². The van der Waals surface area contributed by atoms with Crippen LogP contribution in [0.15, 0.2) is 42.5 Å². The van der Waals surface area contributed by atoms with Gasteiger partial charge in [-0.3, -0.25) is 0 Å². The lowest BCUT2D eigenvalue weighted by molar-refractivity contribution is 0.0476. The van der Waals surface area contributed by atoms with Gasteiger partial charge in [-0.2, -0.15) is 0 Å². The number of esters is 1. The van der Waals surface area contributed by atoms with Crippen LogP contribution in [0.4, 0.5) is 0 Å². The summed E-state index contributed by atoms with van der Waals surface area (Å²) in [5, 5.41) is 0. The molecule has 1 aliphatic rings. The molecular weight excluding hydrogens is 372 g/mol. The van der Waals surface area contributed by atoms with Gasteiger partial charge in [-0.05, 0) is 72.9 Å². The predicted octanol–water partition coefficient (Wildman–Crippen LogP) is 5.20. The van der Waals surface area contributed by atoms with Gasteiger partial charge in [0, 0.05) is 10.4 Å². The minimum Gasteiger partial charge on any atom is -0.497 e. The van der Waals surface area contributed by atoms with Crippen LogP contribution in [0.1, 0.15) is 31.9 Å². The first kappa shape index (κ1) is 18.6. The summed E-state index contributed by atoms with van der Waals surface area (Å²) in [4.78, 5) is 14.5. The van der Waals surface area contributed by atoms with E-state index in [1.807, 2.05) is 37.3 Å². The van der Waals surface area contributed by atoms with Crippen LogP contribution in [0, 0.1) is 6.92 Å². The smallest absolute Gasteiger partial charge is 0.348 e. The van der Waals surface area contributed by atoms with Crippen LogP contribution in [-0.2, 0) is 24.2 Å². The van der Waals surface area contributed by atoms with Gasteiger partial charge in [0.25, 0.3) is 0 Å². The third-order valence-electron chi connectivity index (χ3n) is 5.03. The van der Waals surface area contributed by atoms with Crippen LogP contribution < -0.4 is 9.47 Å². The Kier molecular flexibility index (Phi) is 5.09. The van der Waals surface area contributed by atoms with E-state index in [4.69, 9.17) is 14.2 Å². The Morgan fingerprint density at radius 2 is 1.82 bits per heavy atom. The molecule has 0 unspecified atom stereocenters. The standard InChI is InChI=1S/C23H22O4S/c1-14-4-9-20(26-3)17(10-14)13-27-23(24)21-12-16-6-5-15-11-18(25-2)7-8-19(15)22(16)28-21/h4,7-12H,5-6,13H2,1-3H3. The molecule has 28 heavy (non-hydrogen) atoms. The Bertz CT molecular complexity index is 1040. The number of methoxy groups -OCH3 is 2. The van der Waals surface area contributed by atoms with Crippen LogP contribution in [-0.4, -0.2) is 20.2 Å². The maximum Gasteiger partial charge on any atom is 0.348 e. The second-order valence-electron chi connectivity index (χ2n) is 6.88. The van der Waals surface area contributed by atoms with Gasteiger partial charge in [0.1, 0.15) is 23.0 Å². The SMILES string of the molecule is COc1ccc2c(c1)CCc1cc(C(=O)OCc3cc(C)ccc3OC)sc1-2. The highest BCUT2D eigenvalue weighted by molar-refractivity contribution is 7.17. The van der Waals surface area contributed by atoms with Crippen LogP contribution in [0.3, 0.4) is 0 Å². The topological polar surface area (TPSA) is 44.8 Å². The van der Waals surface area contributed by atoms with Gasteiger partial charge in [-0.25, -0.2) is 4.79 Å². The van der Waals surface area contributed by atoms with Gasteiger partial charge in [-0.1, -0.05) is 11.6 Å². The summed E-state index contributed by atoms with van der Waals surface area (Å²) in [6, 6.07) is 14.0. The van der Waals surface area contributed by atoms with E-state index in [1.54, 1.807) is 14.2 Å². The summed E-state index contributed by atoms with van der Waals surface area (Å²) >= 11 is 1.50. The lowest BCUT2D eigenvalue weighted by atomic mass is 9.91. The average Bonchev–Trinajstić information content (AvgIpc) is 3.16. The first-order valence-electron chi connectivity index (χ1n) is 9.19. The Hall–Kier alpha value is -2.79. The van der Waals surface area contributed by atoms with Crippen molar-refractivity contribution in [3.05, 3.63) is 69.6 Å². The van der Waals surface area contributed by atoms with Crippen molar-refractivity contribution < 1.29 is 19.0 Å². The van der Waals surface area contributed by atoms with Crippen LogP contribution in [0.2, 0.25) is 0 Å². The number of fused-ring (bicyclic) bond motifs is 3. The third-order valence-corrected chi connectivity index (χ3v) is 6.22. The average molecular weight is 394 g/mol. The summed E-state index contributed by atoms with van der Waals surface area (Å²) in [7, 11) is 3.30. The number of hydrogen-bond donors (Lipinski definition) is 0. The van der Waals surface area contributed by atoms with Gasteiger partial charge < -0.3 is 14.2 Å². The van der Waals surface area contributed by atoms with Crippen molar-refractivity contribution in [2.45, 2.75) is 26.4 Å². The van der Waals surface area contributed by atoms with E-state index in [2.05, 4.69) is 12.1 Å². The van der Waals surface area contributed by atoms with Crippen molar-refractivity contribution in [2.75, 3.05) is 14.2 Å². The number of hydrogen-bond acceptors (Lipinski definition) is 5. The van der Waals surface area contributed by atoms with E-state index >= 15 is 0 Å². The van der Waals surface area contributed by atoms with E-state index in [-0.39, 0.29) is 12.6 Å². The molecule has 0 aliphatic heterocycles. The zero-order valence-electron chi connectivity index (χ0n) is 16.2. The van der Waals surface area contributed by atoms with Crippen molar-refractivity contribution in [1.29, 1.82) is 0 Å². The van der Waals surface area contributed by atoms with Crippen molar-refractivity contribution in [3.8, 4) is 21.9 Å². The van der Waals surface area contributed by atoms with E-state index in [0.29, 0.717) is 4.88 Å². The molecule has 0 fully saturated rings. The Labute approximate surface area is 168 Å². The molecule has 0 radical (unpaired) electrons. The summed E-state index contributed by atoms with van der Waals surface area (Å²) in [5.74, 6) is 1.30. The second kappa shape index (κ2) is 7.68. The van der Waals surface area contributed by atoms with Gasteiger partial charge in [-0.15, -0.1) is 11.3 Å². The number of aryl methyl sites for hydroxylation is 3. The molecule has 4 nitrogen and oxygen atoms in total.